The van der Waals surface area contributed by atoms with Crippen molar-refractivity contribution < 1.29 is 0 Å². The summed E-state index contributed by atoms with van der Waals surface area (Å²) in [5.41, 5.74) is 1.14. The van der Waals surface area contributed by atoms with E-state index in [2.05, 4.69) is 37.8 Å². The molecule has 25 heavy (non-hydrogen) atoms. The first-order valence-corrected chi connectivity index (χ1v) is 10.7. The van der Waals surface area contributed by atoms with Crippen molar-refractivity contribution in [2.24, 2.45) is 4.99 Å². The Balaban J connectivity index is 1.48. The molecular weight excluding hydrogens is 330 g/mol. The number of nitrogens with zero attached hydrogens (tertiary/aromatic N) is 3. The van der Waals surface area contributed by atoms with Crippen LogP contribution in [0.5, 0.6) is 0 Å². The Labute approximate surface area is 157 Å². The highest BCUT2D eigenvalue weighted by atomic mass is 32.1. The quantitative estimate of drug-likeness (QED) is 0.401. The van der Waals surface area contributed by atoms with Crippen LogP contribution in [-0.4, -0.2) is 55.6 Å². The van der Waals surface area contributed by atoms with Crippen LogP contribution in [0.3, 0.4) is 0 Å². The van der Waals surface area contributed by atoms with Gasteiger partial charge in [0.25, 0.3) is 0 Å². The maximum atomic E-state index is 4.51. The molecule has 6 heteroatoms. The van der Waals surface area contributed by atoms with Crippen LogP contribution in [0.4, 0.5) is 0 Å². The Bertz CT molecular complexity index is 492. The van der Waals surface area contributed by atoms with Gasteiger partial charge in [-0.25, -0.2) is 4.98 Å². The lowest BCUT2D eigenvalue weighted by Gasteiger charge is -2.20. The van der Waals surface area contributed by atoms with E-state index in [1.54, 1.807) is 11.3 Å². The zero-order valence-corrected chi connectivity index (χ0v) is 16.8. The molecule has 1 fully saturated rings. The molecule has 2 heterocycles. The molecule has 1 aromatic rings. The van der Waals surface area contributed by atoms with Crippen molar-refractivity contribution >= 4 is 17.3 Å². The summed E-state index contributed by atoms with van der Waals surface area (Å²) >= 11 is 1.77. The Hall–Kier alpha value is -1.14. The Morgan fingerprint density at radius 3 is 2.48 bits per heavy atom. The van der Waals surface area contributed by atoms with E-state index in [-0.39, 0.29) is 0 Å². The van der Waals surface area contributed by atoms with E-state index in [0.717, 1.165) is 37.6 Å². The van der Waals surface area contributed by atoms with E-state index in [4.69, 9.17) is 0 Å². The van der Waals surface area contributed by atoms with Crippen LogP contribution < -0.4 is 10.6 Å². The number of guanidine groups is 1. The maximum Gasteiger partial charge on any atom is 0.190 e. The molecule has 0 unspecified atom stereocenters. The molecule has 0 bridgehead atoms. The highest BCUT2D eigenvalue weighted by molar-refractivity contribution is 7.09. The van der Waals surface area contributed by atoms with Crippen molar-refractivity contribution in [2.75, 3.05) is 39.8 Å². The monoisotopic (exact) mass is 365 g/mol. The second-order valence-corrected chi connectivity index (χ2v) is 7.82. The number of likely N-dealkylation sites (tertiary alicyclic amines) is 1. The van der Waals surface area contributed by atoms with Gasteiger partial charge in [-0.1, -0.05) is 12.8 Å². The lowest BCUT2D eigenvalue weighted by Crippen LogP contribution is -2.39. The summed E-state index contributed by atoms with van der Waals surface area (Å²) in [6.07, 6.45) is 10.2. The number of aryl methyl sites for hydroxylation is 2. The van der Waals surface area contributed by atoms with E-state index in [1.165, 1.54) is 63.2 Å². The third-order valence-electron chi connectivity index (χ3n) is 4.64. The van der Waals surface area contributed by atoms with Crippen LogP contribution in [0.15, 0.2) is 10.4 Å². The molecule has 5 nitrogen and oxygen atoms in total. The fourth-order valence-electron chi connectivity index (χ4n) is 3.22. The fraction of sp³-hybridized carbons (Fsp3) is 0.789. The summed E-state index contributed by atoms with van der Waals surface area (Å²) in [6.45, 7) is 7.79. The highest BCUT2D eigenvalue weighted by Gasteiger charge is 2.08. The number of unbranched alkanes of at least 4 members (excludes halogenated alkanes) is 1. The minimum atomic E-state index is 0.931. The summed E-state index contributed by atoms with van der Waals surface area (Å²) in [6, 6.07) is 0. The smallest absolute Gasteiger partial charge is 0.190 e. The lowest BCUT2D eigenvalue weighted by atomic mass is 10.2. The van der Waals surface area contributed by atoms with Crippen molar-refractivity contribution in [3.63, 3.8) is 0 Å². The normalized spacial score (nSPS) is 16.6. The van der Waals surface area contributed by atoms with E-state index in [1.807, 2.05) is 7.05 Å². The van der Waals surface area contributed by atoms with Gasteiger partial charge in [-0.05, 0) is 65.1 Å². The lowest BCUT2D eigenvalue weighted by molar-refractivity contribution is 0.282. The molecule has 1 aliphatic heterocycles. The number of aliphatic imine (C=N–C) groups is 1. The van der Waals surface area contributed by atoms with Crippen molar-refractivity contribution in [2.45, 2.75) is 58.3 Å². The van der Waals surface area contributed by atoms with Gasteiger partial charge in [0.05, 0.1) is 5.01 Å². The van der Waals surface area contributed by atoms with Gasteiger partial charge >= 0.3 is 0 Å². The molecule has 0 aromatic carbocycles. The van der Waals surface area contributed by atoms with Crippen molar-refractivity contribution in [3.05, 3.63) is 16.1 Å². The molecule has 1 saturated heterocycles. The third-order valence-corrected chi connectivity index (χ3v) is 5.67. The Kier molecular flexibility index (Phi) is 9.89. The highest BCUT2D eigenvalue weighted by Crippen LogP contribution is 2.11. The summed E-state index contributed by atoms with van der Waals surface area (Å²) in [7, 11) is 1.85. The van der Waals surface area contributed by atoms with E-state index >= 15 is 0 Å². The predicted octanol–water partition coefficient (Wildman–Crippen LogP) is 3.21. The van der Waals surface area contributed by atoms with Crippen molar-refractivity contribution in [1.29, 1.82) is 0 Å². The van der Waals surface area contributed by atoms with Gasteiger partial charge in [-0.15, -0.1) is 11.3 Å². The SMILES string of the molecule is CN=C(NCCCCc1nc(C)cs1)NCCCN1CCCCCC1. The second-order valence-electron chi connectivity index (χ2n) is 6.87. The number of aromatic nitrogens is 1. The van der Waals surface area contributed by atoms with E-state index < -0.39 is 0 Å². The molecule has 1 aliphatic rings. The molecule has 0 atom stereocenters. The fourth-order valence-corrected chi connectivity index (χ4v) is 4.03. The second kappa shape index (κ2) is 12.3. The molecule has 1 aromatic heterocycles. The Morgan fingerprint density at radius 1 is 1.12 bits per heavy atom. The number of hydrogen-bond donors (Lipinski definition) is 2. The molecule has 0 saturated carbocycles. The molecule has 0 spiro atoms. The zero-order chi connectivity index (χ0) is 17.7. The molecule has 0 aliphatic carbocycles. The van der Waals surface area contributed by atoms with Crippen LogP contribution in [0, 0.1) is 6.92 Å². The minimum absolute atomic E-state index is 0.931. The number of thiazole rings is 1. The maximum absolute atomic E-state index is 4.51. The summed E-state index contributed by atoms with van der Waals surface area (Å²) in [5, 5.41) is 10.2. The Morgan fingerprint density at radius 2 is 1.84 bits per heavy atom. The molecule has 2 rings (SSSR count). The van der Waals surface area contributed by atoms with Gasteiger partial charge in [0.2, 0.25) is 0 Å². The van der Waals surface area contributed by atoms with Crippen LogP contribution in [0.25, 0.3) is 0 Å². The van der Waals surface area contributed by atoms with Crippen molar-refractivity contribution in [1.82, 2.24) is 20.5 Å². The molecule has 0 radical (unpaired) electrons. The average molecular weight is 366 g/mol. The molecule has 2 N–H and O–H groups in total. The van der Waals surface area contributed by atoms with Gasteiger partial charge in [-0.3, -0.25) is 4.99 Å². The summed E-state index contributed by atoms with van der Waals surface area (Å²) in [5.74, 6) is 0.931. The first-order chi connectivity index (χ1) is 12.3. The predicted molar refractivity (Wildman–Crippen MR) is 109 cm³/mol. The van der Waals surface area contributed by atoms with Gasteiger partial charge in [-0.2, -0.15) is 0 Å². The number of rotatable bonds is 9. The van der Waals surface area contributed by atoms with Gasteiger partial charge in [0, 0.05) is 31.2 Å². The van der Waals surface area contributed by atoms with Crippen LogP contribution in [-0.2, 0) is 6.42 Å². The van der Waals surface area contributed by atoms with Gasteiger partial charge in [0.1, 0.15) is 0 Å². The molecule has 142 valence electrons. The van der Waals surface area contributed by atoms with Crippen LogP contribution in [0.1, 0.15) is 55.6 Å². The third kappa shape index (κ3) is 8.68. The first-order valence-electron chi connectivity index (χ1n) is 9.86. The number of hydrogen-bond acceptors (Lipinski definition) is 4. The van der Waals surface area contributed by atoms with Crippen LogP contribution in [0.2, 0.25) is 0 Å². The number of nitrogens with one attached hydrogen (secondary N) is 2. The van der Waals surface area contributed by atoms with Crippen molar-refractivity contribution in [3.8, 4) is 0 Å². The van der Waals surface area contributed by atoms with Crippen LogP contribution >= 0.6 is 11.3 Å². The molecular formula is C19H35N5S. The van der Waals surface area contributed by atoms with E-state index in [0.29, 0.717) is 0 Å². The average Bonchev–Trinajstić information content (AvgIpc) is 2.86. The standard InChI is InChI=1S/C19H35N5S/c1-17-16-25-18(23-17)10-5-6-11-21-19(20-2)22-12-9-15-24-13-7-3-4-8-14-24/h16H,3-15H2,1-2H3,(H2,20,21,22). The summed E-state index contributed by atoms with van der Waals surface area (Å²) < 4.78 is 0. The minimum Gasteiger partial charge on any atom is -0.356 e. The van der Waals surface area contributed by atoms with Gasteiger partial charge in [0.15, 0.2) is 5.96 Å². The first kappa shape index (κ1) is 20.2. The summed E-state index contributed by atoms with van der Waals surface area (Å²) in [4.78, 5) is 11.4. The largest absolute Gasteiger partial charge is 0.356 e. The van der Waals surface area contributed by atoms with E-state index in [9.17, 15) is 0 Å². The molecule has 0 amide bonds. The van der Waals surface area contributed by atoms with Gasteiger partial charge < -0.3 is 15.5 Å². The topological polar surface area (TPSA) is 52.6 Å². The zero-order valence-electron chi connectivity index (χ0n) is 16.0.